The number of nitrogens with zero attached hydrogens (tertiary/aromatic N) is 1. The van der Waals surface area contributed by atoms with Crippen LogP contribution in [-0.4, -0.2) is 43.6 Å². The van der Waals surface area contributed by atoms with Crippen molar-refractivity contribution >= 4 is 27.5 Å². The first-order valence-electron chi connectivity index (χ1n) is 10.7. The maximum atomic E-state index is 13.1. The van der Waals surface area contributed by atoms with Crippen molar-refractivity contribution in [1.82, 2.24) is 10.2 Å². The Morgan fingerprint density at radius 2 is 1.68 bits per heavy atom. The molecule has 3 amide bonds. The molecule has 4 rings (SSSR count). The van der Waals surface area contributed by atoms with E-state index in [1.54, 1.807) is 29.2 Å². The zero-order valence-electron chi connectivity index (χ0n) is 17.3. The number of carbonyl (C=O) groups excluding carboxylic acids is 2. The standard InChI is InChI=1S/C23H27N3O4S/c27-22-16-21(17-6-2-1-3-7-17)26(15-14-24-22)23(28)25-18-10-12-20(13-11-18)31(29,30)19-8-4-5-9-19/h1-3,6-7,10-13,19,21H,4-5,8-9,14-16H2,(H,24,27)(H,25,28). The van der Waals surface area contributed by atoms with Crippen molar-refractivity contribution in [2.75, 3.05) is 18.4 Å². The summed E-state index contributed by atoms with van der Waals surface area (Å²) in [5.41, 5.74) is 1.42. The molecule has 1 heterocycles. The molecule has 1 aliphatic heterocycles. The van der Waals surface area contributed by atoms with E-state index >= 15 is 0 Å². The number of nitrogens with one attached hydrogen (secondary N) is 2. The minimum atomic E-state index is -3.33. The van der Waals surface area contributed by atoms with Crippen molar-refractivity contribution in [2.24, 2.45) is 0 Å². The summed E-state index contributed by atoms with van der Waals surface area (Å²) in [6, 6.07) is 15.2. The summed E-state index contributed by atoms with van der Waals surface area (Å²) < 4.78 is 25.5. The highest BCUT2D eigenvalue weighted by molar-refractivity contribution is 7.92. The van der Waals surface area contributed by atoms with Gasteiger partial charge in [0.2, 0.25) is 5.91 Å². The van der Waals surface area contributed by atoms with Gasteiger partial charge < -0.3 is 15.5 Å². The second-order valence-corrected chi connectivity index (χ2v) is 10.3. The van der Waals surface area contributed by atoms with Crippen molar-refractivity contribution in [3.05, 3.63) is 60.2 Å². The molecule has 2 aromatic carbocycles. The molecule has 1 atom stereocenters. The maximum Gasteiger partial charge on any atom is 0.322 e. The molecule has 1 saturated heterocycles. The summed E-state index contributed by atoms with van der Waals surface area (Å²) >= 11 is 0. The van der Waals surface area contributed by atoms with E-state index in [0.717, 1.165) is 18.4 Å². The van der Waals surface area contributed by atoms with Crippen molar-refractivity contribution in [3.63, 3.8) is 0 Å². The molecule has 2 aromatic rings. The van der Waals surface area contributed by atoms with E-state index in [1.165, 1.54) is 0 Å². The molecule has 0 aromatic heterocycles. The van der Waals surface area contributed by atoms with Gasteiger partial charge in [0.15, 0.2) is 9.84 Å². The van der Waals surface area contributed by atoms with Crippen molar-refractivity contribution < 1.29 is 18.0 Å². The lowest BCUT2D eigenvalue weighted by Gasteiger charge is -2.29. The first-order valence-corrected chi connectivity index (χ1v) is 12.2. The molecule has 1 unspecified atom stereocenters. The van der Waals surface area contributed by atoms with Crippen LogP contribution >= 0.6 is 0 Å². The Morgan fingerprint density at radius 3 is 2.35 bits per heavy atom. The Hall–Kier alpha value is -2.87. The largest absolute Gasteiger partial charge is 0.354 e. The van der Waals surface area contributed by atoms with Gasteiger partial charge in [0.25, 0.3) is 0 Å². The fourth-order valence-electron chi connectivity index (χ4n) is 4.36. The van der Waals surface area contributed by atoms with Gasteiger partial charge in [-0.25, -0.2) is 13.2 Å². The third kappa shape index (κ3) is 4.74. The number of sulfone groups is 1. The van der Waals surface area contributed by atoms with E-state index in [-0.39, 0.29) is 29.7 Å². The highest BCUT2D eigenvalue weighted by atomic mass is 32.2. The topological polar surface area (TPSA) is 95.6 Å². The molecule has 164 valence electrons. The van der Waals surface area contributed by atoms with Gasteiger partial charge in [-0.2, -0.15) is 0 Å². The SMILES string of the molecule is O=C1CC(c2ccccc2)N(C(=O)Nc2ccc(S(=O)(=O)C3CCCC3)cc2)CCN1. The van der Waals surface area contributed by atoms with Crippen LogP contribution < -0.4 is 10.6 Å². The van der Waals surface area contributed by atoms with Crippen LogP contribution in [-0.2, 0) is 14.6 Å². The molecule has 0 spiro atoms. The highest BCUT2D eigenvalue weighted by Gasteiger charge is 2.31. The molecule has 31 heavy (non-hydrogen) atoms. The summed E-state index contributed by atoms with van der Waals surface area (Å²) in [4.78, 5) is 27.1. The lowest BCUT2D eigenvalue weighted by atomic mass is 10.0. The van der Waals surface area contributed by atoms with E-state index < -0.39 is 9.84 Å². The molecule has 2 N–H and O–H groups in total. The minimum absolute atomic E-state index is 0.0920. The van der Waals surface area contributed by atoms with Crippen LogP contribution in [0.1, 0.15) is 43.7 Å². The Kier molecular flexibility index (Phi) is 6.27. The number of urea groups is 1. The zero-order valence-corrected chi connectivity index (χ0v) is 18.1. The average molecular weight is 442 g/mol. The van der Waals surface area contributed by atoms with Gasteiger partial charge in [0.05, 0.1) is 22.6 Å². The molecule has 1 aliphatic carbocycles. The second-order valence-electron chi connectivity index (χ2n) is 8.08. The number of amides is 3. The highest BCUT2D eigenvalue weighted by Crippen LogP contribution is 2.30. The Morgan fingerprint density at radius 1 is 1.00 bits per heavy atom. The Balaban J connectivity index is 1.50. The van der Waals surface area contributed by atoms with E-state index in [0.29, 0.717) is 36.5 Å². The van der Waals surface area contributed by atoms with E-state index in [2.05, 4.69) is 10.6 Å². The van der Waals surface area contributed by atoms with Gasteiger partial charge in [0, 0.05) is 18.8 Å². The third-order valence-electron chi connectivity index (χ3n) is 6.05. The predicted octanol–water partition coefficient (Wildman–Crippen LogP) is 3.50. The second kappa shape index (κ2) is 9.09. The number of anilines is 1. The molecule has 2 aliphatic rings. The van der Waals surface area contributed by atoms with E-state index in [1.807, 2.05) is 30.3 Å². The van der Waals surface area contributed by atoms with Crippen molar-refractivity contribution in [3.8, 4) is 0 Å². The molecule has 1 saturated carbocycles. The molecular weight excluding hydrogens is 414 g/mol. The van der Waals surface area contributed by atoms with Gasteiger partial charge in [-0.15, -0.1) is 0 Å². The van der Waals surface area contributed by atoms with Gasteiger partial charge >= 0.3 is 6.03 Å². The Bertz CT molecular complexity index is 1030. The Labute approximate surface area is 182 Å². The number of hydrogen-bond donors (Lipinski definition) is 2. The van der Waals surface area contributed by atoms with Crippen molar-refractivity contribution in [2.45, 2.75) is 48.3 Å². The first-order chi connectivity index (χ1) is 14.9. The van der Waals surface area contributed by atoms with Crippen LogP contribution in [0.4, 0.5) is 10.5 Å². The normalized spacial score (nSPS) is 20.2. The molecule has 0 radical (unpaired) electrons. The maximum absolute atomic E-state index is 13.1. The van der Waals surface area contributed by atoms with E-state index in [9.17, 15) is 18.0 Å². The van der Waals surface area contributed by atoms with Crippen LogP contribution in [0.2, 0.25) is 0 Å². The molecular formula is C23H27N3O4S. The molecule has 7 nitrogen and oxygen atoms in total. The summed E-state index contributed by atoms with van der Waals surface area (Å²) in [7, 11) is -3.33. The van der Waals surface area contributed by atoms with Crippen LogP contribution in [0, 0.1) is 0 Å². The fraction of sp³-hybridized carbons (Fsp3) is 0.391. The van der Waals surface area contributed by atoms with Gasteiger partial charge in [-0.3, -0.25) is 4.79 Å². The number of rotatable bonds is 4. The monoisotopic (exact) mass is 441 g/mol. The first kappa shape index (κ1) is 21.4. The predicted molar refractivity (Wildman–Crippen MR) is 118 cm³/mol. The van der Waals surface area contributed by atoms with Crippen LogP contribution in [0.25, 0.3) is 0 Å². The van der Waals surface area contributed by atoms with Gasteiger partial charge in [-0.1, -0.05) is 43.2 Å². The van der Waals surface area contributed by atoms with Gasteiger partial charge in [0.1, 0.15) is 0 Å². The zero-order chi connectivity index (χ0) is 21.8. The van der Waals surface area contributed by atoms with Crippen LogP contribution in [0.3, 0.4) is 0 Å². The van der Waals surface area contributed by atoms with Gasteiger partial charge in [-0.05, 0) is 42.7 Å². The summed E-state index contributed by atoms with van der Waals surface area (Å²) in [5.74, 6) is -0.0920. The van der Waals surface area contributed by atoms with Crippen LogP contribution in [0.5, 0.6) is 0 Å². The number of carbonyl (C=O) groups is 2. The lowest BCUT2D eigenvalue weighted by molar-refractivity contribution is -0.121. The summed E-state index contributed by atoms with van der Waals surface area (Å²) in [6.07, 6.45) is 3.52. The number of benzene rings is 2. The smallest absolute Gasteiger partial charge is 0.322 e. The average Bonchev–Trinajstić information content (AvgIpc) is 3.25. The van der Waals surface area contributed by atoms with E-state index in [4.69, 9.17) is 0 Å². The summed E-state index contributed by atoms with van der Waals surface area (Å²) in [6.45, 7) is 0.763. The van der Waals surface area contributed by atoms with Crippen molar-refractivity contribution in [1.29, 1.82) is 0 Å². The lowest BCUT2D eigenvalue weighted by Crippen LogP contribution is -2.39. The molecule has 8 heteroatoms. The summed E-state index contributed by atoms with van der Waals surface area (Å²) in [5, 5.41) is 5.37. The van der Waals surface area contributed by atoms with Crippen LogP contribution in [0.15, 0.2) is 59.5 Å². The molecule has 0 bridgehead atoms. The minimum Gasteiger partial charge on any atom is -0.354 e. The number of hydrogen-bond acceptors (Lipinski definition) is 4. The fourth-order valence-corrected chi connectivity index (χ4v) is 6.21. The molecule has 2 fully saturated rings. The quantitative estimate of drug-likeness (QED) is 0.759. The third-order valence-corrected chi connectivity index (χ3v) is 8.33.